The minimum absolute atomic E-state index is 0.0397. The average Bonchev–Trinajstić information content (AvgIpc) is 3.38. The number of piperidine rings is 1. The molecule has 1 atom stereocenters. The van der Waals surface area contributed by atoms with E-state index in [2.05, 4.69) is 40.7 Å². The van der Waals surface area contributed by atoms with E-state index in [1.165, 1.54) is 0 Å². The Hall–Kier alpha value is -5.96. The van der Waals surface area contributed by atoms with E-state index in [-0.39, 0.29) is 47.5 Å². The fraction of sp³-hybridized carbons (Fsp3) is 0.368. The van der Waals surface area contributed by atoms with E-state index in [0.29, 0.717) is 30.6 Å². The third-order valence-electron chi connectivity index (χ3n) is 10.6. The summed E-state index contributed by atoms with van der Waals surface area (Å²) in [6.07, 6.45) is 5.80. The maximum Gasteiger partial charge on any atom is 0.270 e. The number of piperazine rings is 1. The summed E-state index contributed by atoms with van der Waals surface area (Å²) < 4.78 is 0. The molecule has 53 heavy (non-hydrogen) atoms. The Morgan fingerprint density at radius 3 is 2.42 bits per heavy atom. The summed E-state index contributed by atoms with van der Waals surface area (Å²) in [5.41, 5.74) is 5.68. The minimum Gasteiger partial charge on any atom is -0.382 e. The van der Waals surface area contributed by atoms with Gasteiger partial charge in [0, 0.05) is 68.7 Å². The van der Waals surface area contributed by atoms with Gasteiger partial charge in [-0.05, 0) is 73.7 Å². The van der Waals surface area contributed by atoms with Crippen molar-refractivity contribution in [1.29, 1.82) is 0 Å². The summed E-state index contributed by atoms with van der Waals surface area (Å²) in [4.78, 5) is 92.8. The monoisotopic (exact) mass is 717 g/mol. The van der Waals surface area contributed by atoms with E-state index >= 15 is 0 Å². The van der Waals surface area contributed by atoms with Crippen LogP contribution in [-0.2, 0) is 22.6 Å². The molecule has 15 heteroatoms. The van der Waals surface area contributed by atoms with Gasteiger partial charge in [0.25, 0.3) is 23.3 Å². The van der Waals surface area contributed by atoms with Gasteiger partial charge in [-0.3, -0.25) is 48.9 Å². The smallest absolute Gasteiger partial charge is 0.270 e. The van der Waals surface area contributed by atoms with Crippen LogP contribution in [0.2, 0.25) is 0 Å². The number of fused-ring (bicyclic) bond motifs is 2. The number of nitrogens with zero attached hydrogens (tertiary/aromatic N) is 5. The van der Waals surface area contributed by atoms with E-state index in [9.17, 15) is 28.8 Å². The molecule has 5 amide bonds. The van der Waals surface area contributed by atoms with Crippen LogP contribution in [0.15, 0.2) is 59.7 Å². The second kappa shape index (κ2) is 13.9. The van der Waals surface area contributed by atoms with E-state index in [0.717, 1.165) is 65.5 Å². The number of rotatable bonds is 9. The van der Waals surface area contributed by atoms with Crippen LogP contribution in [-0.4, -0.2) is 98.6 Å². The van der Waals surface area contributed by atoms with Crippen LogP contribution in [0.1, 0.15) is 74.9 Å². The van der Waals surface area contributed by atoms with Crippen LogP contribution in [0.4, 0.5) is 11.4 Å². The number of H-pyrrole nitrogens is 1. The van der Waals surface area contributed by atoms with Crippen LogP contribution >= 0.6 is 0 Å². The van der Waals surface area contributed by atoms with Gasteiger partial charge in [0.15, 0.2) is 0 Å². The predicted molar refractivity (Wildman–Crippen MR) is 194 cm³/mol. The number of carbonyl (C=O) groups is 5. The highest BCUT2D eigenvalue weighted by molar-refractivity contribution is 6.23. The molecule has 4 aliphatic rings. The van der Waals surface area contributed by atoms with Crippen LogP contribution < -0.4 is 26.4 Å². The average molecular weight is 718 g/mol. The second-order valence-corrected chi connectivity index (χ2v) is 14.1. The van der Waals surface area contributed by atoms with Crippen molar-refractivity contribution < 1.29 is 24.0 Å². The summed E-state index contributed by atoms with van der Waals surface area (Å²) in [6, 6.07) is 11.5. The van der Waals surface area contributed by atoms with Crippen molar-refractivity contribution in [3.05, 3.63) is 93.2 Å². The van der Waals surface area contributed by atoms with Gasteiger partial charge in [-0.1, -0.05) is 6.92 Å². The molecule has 3 aromatic heterocycles. The molecule has 3 fully saturated rings. The molecule has 0 radical (unpaired) electrons. The number of anilines is 2. The maximum atomic E-state index is 13.1. The van der Waals surface area contributed by atoms with Gasteiger partial charge in [-0.25, -0.2) is 4.98 Å². The van der Waals surface area contributed by atoms with Gasteiger partial charge in [0.05, 0.1) is 34.0 Å². The highest BCUT2D eigenvalue weighted by Crippen LogP contribution is 2.31. The first-order valence-corrected chi connectivity index (χ1v) is 18.0. The van der Waals surface area contributed by atoms with Gasteiger partial charge in [-0.15, -0.1) is 0 Å². The Kier molecular flexibility index (Phi) is 8.94. The zero-order valence-corrected chi connectivity index (χ0v) is 29.2. The van der Waals surface area contributed by atoms with Crippen molar-refractivity contribution in [3.63, 3.8) is 0 Å². The molecule has 1 aliphatic carbocycles. The number of nitrogens with one attached hydrogen (secondary N) is 4. The molecule has 8 rings (SSSR count). The van der Waals surface area contributed by atoms with Crippen LogP contribution in [0.25, 0.3) is 11.0 Å². The lowest BCUT2D eigenvalue weighted by molar-refractivity contribution is -0.136. The third kappa shape index (κ3) is 6.75. The first kappa shape index (κ1) is 34.1. The first-order chi connectivity index (χ1) is 25.6. The van der Waals surface area contributed by atoms with Crippen molar-refractivity contribution >= 4 is 51.9 Å². The molecule has 0 spiro atoms. The van der Waals surface area contributed by atoms with E-state index in [1.807, 2.05) is 31.3 Å². The van der Waals surface area contributed by atoms with Crippen molar-refractivity contribution in [3.8, 4) is 0 Å². The Morgan fingerprint density at radius 1 is 0.887 bits per heavy atom. The van der Waals surface area contributed by atoms with Crippen LogP contribution in [0.5, 0.6) is 0 Å². The standard InChI is InChI=1S/C38H39N9O6/c1-2-22-14-30-31(43-34(22)49)13-21(18-39-30)20-45-9-11-46(12-10-45)26-4-6-29(40-19-26)35(50)42-25-15-24(16-25)41-23-3-5-27-28(17-23)38(53)47(37(27)52)32-7-8-33(48)44-36(32)51/h3-6,13-14,17-19,24-25,32,41H,2,7-12,15-16,20H2,1H3,(H,42,50)(H,43,49)(H,44,48,51)/t24?,25?,32-/m0/s1. The summed E-state index contributed by atoms with van der Waals surface area (Å²) >= 11 is 0. The number of amides is 5. The fourth-order valence-corrected chi connectivity index (χ4v) is 7.56. The number of aromatic nitrogens is 3. The Balaban J connectivity index is 0.791. The molecule has 4 N–H and O–H groups in total. The minimum atomic E-state index is -1.01. The molecule has 15 nitrogen and oxygen atoms in total. The number of aryl methyl sites for hydroxylation is 1. The molecule has 1 saturated carbocycles. The third-order valence-corrected chi connectivity index (χ3v) is 10.6. The first-order valence-electron chi connectivity index (χ1n) is 18.0. The summed E-state index contributed by atoms with van der Waals surface area (Å²) in [7, 11) is 0. The van der Waals surface area contributed by atoms with Crippen molar-refractivity contribution in [2.24, 2.45) is 0 Å². The molecule has 0 bridgehead atoms. The highest BCUT2D eigenvalue weighted by atomic mass is 16.2. The van der Waals surface area contributed by atoms with Crippen molar-refractivity contribution in [1.82, 2.24) is 35.4 Å². The normalized spacial score (nSPS) is 21.7. The molecule has 6 heterocycles. The number of hydrogen-bond donors (Lipinski definition) is 4. The van der Waals surface area contributed by atoms with E-state index < -0.39 is 29.7 Å². The second-order valence-electron chi connectivity index (χ2n) is 14.1. The van der Waals surface area contributed by atoms with Gasteiger partial charge >= 0.3 is 0 Å². The van der Waals surface area contributed by atoms with E-state index in [4.69, 9.17) is 0 Å². The summed E-state index contributed by atoms with van der Waals surface area (Å²) in [5, 5.41) is 8.62. The molecule has 3 aliphatic heterocycles. The number of benzene rings is 1. The zero-order chi connectivity index (χ0) is 36.8. The number of aromatic amines is 1. The van der Waals surface area contributed by atoms with E-state index in [1.54, 1.807) is 30.5 Å². The van der Waals surface area contributed by atoms with Crippen molar-refractivity contribution in [2.75, 3.05) is 36.4 Å². The van der Waals surface area contributed by atoms with Crippen molar-refractivity contribution in [2.45, 2.75) is 63.7 Å². The summed E-state index contributed by atoms with van der Waals surface area (Å²) in [5.74, 6) is -2.39. The SMILES string of the molecule is CCc1cc2ncc(CN3CCN(c4ccc(C(=O)NC5CC(Nc6ccc7c(c6)C(=O)N([C@H]6CCC(=O)NC6=O)C7=O)C5)nc4)CC3)cc2[nH]c1=O. The molecule has 1 aromatic carbocycles. The zero-order valence-electron chi connectivity index (χ0n) is 29.2. The molecular formula is C38H39N9O6. The Labute approximate surface area is 304 Å². The highest BCUT2D eigenvalue weighted by Gasteiger charge is 2.44. The van der Waals surface area contributed by atoms with Crippen LogP contribution in [0, 0.1) is 0 Å². The number of imide groups is 2. The maximum absolute atomic E-state index is 13.1. The molecule has 272 valence electrons. The Morgan fingerprint density at radius 2 is 1.68 bits per heavy atom. The molecule has 2 saturated heterocycles. The van der Waals surface area contributed by atoms with Gasteiger partial charge < -0.3 is 20.5 Å². The quantitative estimate of drug-likeness (QED) is 0.185. The van der Waals surface area contributed by atoms with Crippen LogP contribution in [0.3, 0.4) is 0 Å². The molecule has 0 unspecified atom stereocenters. The van der Waals surface area contributed by atoms with Gasteiger partial charge in [0.1, 0.15) is 11.7 Å². The van der Waals surface area contributed by atoms with Gasteiger partial charge in [0.2, 0.25) is 11.8 Å². The number of carbonyl (C=O) groups excluding carboxylic acids is 5. The lowest BCUT2D eigenvalue weighted by Crippen LogP contribution is -2.54. The predicted octanol–water partition coefficient (Wildman–Crippen LogP) is 1.98. The lowest BCUT2D eigenvalue weighted by atomic mass is 9.86. The molecular weight excluding hydrogens is 678 g/mol. The fourth-order valence-electron chi connectivity index (χ4n) is 7.56. The topological polar surface area (TPSA) is 190 Å². The summed E-state index contributed by atoms with van der Waals surface area (Å²) in [6.45, 7) is 6.02. The number of pyridine rings is 3. The number of hydrogen-bond acceptors (Lipinski definition) is 11. The van der Waals surface area contributed by atoms with Gasteiger partial charge in [-0.2, -0.15) is 0 Å². The molecule has 4 aromatic rings. The Bertz CT molecular complexity index is 2210. The lowest BCUT2D eigenvalue weighted by Gasteiger charge is -2.37. The largest absolute Gasteiger partial charge is 0.382 e.